The fourth-order valence-electron chi connectivity index (χ4n) is 2.61. The van der Waals surface area contributed by atoms with Gasteiger partial charge >= 0.3 is 0 Å². The number of hydrogen-bond donors (Lipinski definition) is 1. The minimum atomic E-state index is -0.116. The highest BCUT2D eigenvalue weighted by molar-refractivity contribution is 4.98. The molecule has 1 fully saturated rings. The van der Waals surface area contributed by atoms with E-state index in [4.69, 9.17) is 15.2 Å². The zero-order chi connectivity index (χ0) is 13.1. The highest BCUT2D eigenvalue weighted by atomic mass is 16.5. The van der Waals surface area contributed by atoms with Crippen LogP contribution in [0.3, 0.4) is 0 Å². The number of likely N-dealkylation sites (tertiary alicyclic amines) is 1. The molecule has 0 saturated carbocycles. The van der Waals surface area contributed by atoms with Crippen LogP contribution in [0.4, 0.5) is 0 Å². The second-order valence-corrected chi connectivity index (χ2v) is 5.62. The summed E-state index contributed by atoms with van der Waals surface area (Å²) in [7, 11) is 3.54. The van der Waals surface area contributed by atoms with Gasteiger partial charge in [0.1, 0.15) is 0 Å². The predicted molar refractivity (Wildman–Crippen MR) is 70.2 cm³/mol. The monoisotopic (exact) mass is 244 g/mol. The number of ether oxygens (including phenoxy) is 2. The quantitative estimate of drug-likeness (QED) is 0.790. The van der Waals surface area contributed by atoms with Crippen molar-refractivity contribution < 1.29 is 9.47 Å². The molecule has 0 amide bonds. The molecule has 0 aromatic carbocycles. The summed E-state index contributed by atoms with van der Waals surface area (Å²) in [5.41, 5.74) is 5.81. The molecule has 2 N–H and O–H groups in total. The normalized spacial score (nSPS) is 32.1. The first-order valence-corrected chi connectivity index (χ1v) is 6.45. The molecule has 0 bridgehead atoms. The van der Waals surface area contributed by atoms with E-state index in [2.05, 4.69) is 25.7 Å². The van der Waals surface area contributed by atoms with Crippen molar-refractivity contribution in [3.63, 3.8) is 0 Å². The smallest absolute Gasteiger partial charge is 0.0777 e. The van der Waals surface area contributed by atoms with Gasteiger partial charge in [-0.3, -0.25) is 4.90 Å². The number of rotatable bonds is 5. The van der Waals surface area contributed by atoms with Crippen LogP contribution in [0.2, 0.25) is 0 Å². The van der Waals surface area contributed by atoms with Crippen molar-refractivity contribution >= 4 is 0 Å². The minimum absolute atomic E-state index is 0.0534. The molecule has 102 valence electrons. The molecule has 4 nitrogen and oxygen atoms in total. The molecule has 1 aliphatic rings. The Morgan fingerprint density at radius 1 is 1.47 bits per heavy atom. The third-order valence-electron chi connectivity index (χ3n) is 4.52. The Balaban J connectivity index is 2.82. The van der Waals surface area contributed by atoms with Gasteiger partial charge in [0.15, 0.2) is 0 Å². The van der Waals surface area contributed by atoms with Gasteiger partial charge in [0.05, 0.1) is 17.2 Å². The second kappa shape index (κ2) is 5.65. The van der Waals surface area contributed by atoms with Gasteiger partial charge in [-0.1, -0.05) is 0 Å². The minimum Gasteiger partial charge on any atom is -0.380 e. The molecule has 1 heterocycles. The van der Waals surface area contributed by atoms with E-state index < -0.39 is 0 Å². The molecule has 1 saturated heterocycles. The summed E-state index contributed by atoms with van der Waals surface area (Å²) in [6, 6.07) is 0. The molecule has 3 atom stereocenters. The Morgan fingerprint density at radius 2 is 2.12 bits per heavy atom. The lowest BCUT2D eigenvalue weighted by Crippen LogP contribution is -2.64. The van der Waals surface area contributed by atoms with Crippen LogP contribution in [-0.2, 0) is 9.47 Å². The summed E-state index contributed by atoms with van der Waals surface area (Å²) >= 11 is 0. The SMILES string of the molecule is COC(C)C(C)(CN)N1CCCC(C)(OC)C1. The first-order chi connectivity index (χ1) is 7.91. The molecule has 3 unspecified atom stereocenters. The maximum absolute atomic E-state index is 5.98. The Hall–Kier alpha value is -0.160. The summed E-state index contributed by atoms with van der Waals surface area (Å²) in [5.74, 6) is 0. The van der Waals surface area contributed by atoms with E-state index in [0.29, 0.717) is 6.54 Å². The van der Waals surface area contributed by atoms with Crippen molar-refractivity contribution in [2.75, 3.05) is 33.9 Å². The summed E-state index contributed by atoms with van der Waals surface area (Å²) in [5, 5.41) is 0. The van der Waals surface area contributed by atoms with Crippen LogP contribution in [0.15, 0.2) is 0 Å². The van der Waals surface area contributed by atoms with Crippen molar-refractivity contribution in [2.24, 2.45) is 5.73 Å². The Morgan fingerprint density at radius 3 is 2.59 bits per heavy atom. The van der Waals surface area contributed by atoms with Gasteiger partial charge in [-0.2, -0.15) is 0 Å². The van der Waals surface area contributed by atoms with Crippen molar-refractivity contribution in [1.82, 2.24) is 4.90 Å². The van der Waals surface area contributed by atoms with Crippen molar-refractivity contribution in [3.8, 4) is 0 Å². The Labute approximate surface area is 105 Å². The van der Waals surface area contributed by atoms with E-state index >= 15 is 0 Å². The van der Waals surface area contributed by atoms with Crippen LogP contribution < -0.4 is 5.73 Å². The summed E-state index contributed by atoms with van der Waals surface area (Å²) in [6.07, 6.45) is 2.38. The number of nitrogens with two attached hydrogens (primary N) is 1. The number of nitrogens with zero attached hydrogens (tertiary/aromatic N) is 1. The summed E-state index contributed by atoms with van der Waals surface area (Å²) in [6.45, 7) is 9.04. The van der Waals surface area contributed by atoms with E-state index in [1.807, 2.05) is 0 Å². The van der Waals surface area contributed by atoms with Gasteiger partial charge in [0, 0.05) is 27.3 Å². The lowest BCUT2D eigenvalue weighted by Gasteiger charge is -2.50. The first-order valence-electron chi connectivity index (χ1n) is 6.45. The highest BCUT2D eigenvalue weighted by Crippen LogP contribution is 2.30. The molecule has 0 spiro atoms. The van der Waals surface area contributed by atoms with E-state index in [0.717, 1.165) is 25.9 Å². The van der Waals surface area contributed by atoms with E-state index in [1.54, 1.807) is 14.2 Å². The Bertz CT molecular complexity index is 250. The van der Waals surface area contributed by atoms with Gasteiger partial charge in [-0.25, -0.2) is 0 Å². The average molecular weight is 244 g/mol. The van der Waals surface area contributed by atoms with Gasteiger partial charge < -0.3 is 15.2 Å². The molecule has 1 aliphatic heterocycles. The predicted octanol–water partition coefficient (Wildman–Crippen LogP) is 1.24. The van der Waals surface area contributed by atoms with Gasteiger partial charge in [-0.05, 0) is 40.2 Å². The van der Waals surface area contributed by atoms with Crippen LogP contribution in [0.25, 0.3) is 0 Å². The molecule has 17 heavy (non-hydrogen) atoms. The molecular formula is C13H28N2O2. The summed E-state index contributed by atoms with van der Waals surface area (Å²) in [4.78, 5) is 2.42. The van der Waals surface area contributed by atoms with Crippen molar-refractivity contribution in [2.45, 2.75) is 50.9 Å². The molecule has 0 aromatic heterocycles. The standard InChI is InChI=1S/C13H28N2O2/c1-11(16-4)13(3,9-14)15-8-6-7-12(2,10-15)17-5/h11H,6-10,14H2,1-5H3. The van der Waals surface area contributed by atoms with E-state index in [9.17, 15) is 0 Å². The van der Waals surface area contributed by atoms with Crippen LogP contribution in [-0.4, -0.2) is 56.0 Å². The van der Waals surface area contributed by atoms with Crippen LogP contribution >= 0.6 is 0 Å². The number of hydrogen-bond acceptors (Lipinski definition) is 4. The second-order valence-electron chi connectivity index (χ2n) is 5.62. The number of methoxy groups -OCH3 is 2. The van der Waals surface area contributed by atoms with Crippen LogP contribution in [0.1, 0.15) is 33.6 Å². The molecule has 4 heteroatoms. The lowest BCUT2D eigenvalue weighted by molar-refractivity contribution is -0.106. The molecule has 0 aliphatic carbocycles. The van der Waals surface area contributed by atoms with Crippen molar-refractivity contribution in [1.29, 1.82) is 0 Å². The van der Waals surface area contributed by atoms with Crippen molar-refractivity contribution in [3.05, 3.63) is 0 Å². The third-order valence-corrected chi connectivity index (χ3v) is 4.52. The number of piperidine rings is 1. The molecule has 1 rings (SSSR count). The highest BCUT2D eigenvalue weighted by Gasteiger charge is 2.42. The maximum Gasteiger partial charge on any atom is 0.0777 e. The molecule has 0 aromatic rings. The third kappa shape index (κ3) is 2.99. The molecule has 0 radical (unpaired) electrons. The largest absolute Gasteiger partial charge is 0.380 e. The van der Waals surface area contributed by atoms with E-state index in [-0.39, 0.29) is 17.2 Å². The van der Waals surface area contributed by atoms with Gasteiger partial charge in [0.2, 0.25) is 0 Å². The average Bonchev–Trinajstić information content (AvgIpc) is 2.36. The fourth-order valence-corrected chi connectivity index (χ4v) is 2.61. The molecular weight excluding hydrogens is 216 g/mol. The van der Waals surface area contributed by atoms with Crippen LogP contribution in [0.5, 0.6) is 0 Å². The summed E-state index contributed by atoms with van der Waals surface area (Å²) < 4.78 is 11.1. The fraction of sp³-hybridized carbons (Fsp3) is 1.00. The zero-order valence-electron chi connectivity index (χ0n) is 12.0. The topological polar surface area (TPSA) is 47.7 Å². The van der Waals surface area contributed by atoms with Gasteiger partial charge in [0.25, 0.3) is 0 Å². The first kappa shape index (κ1) is 14.9. The Kier molecular flexibility index (Phi) is 4.95. The lowest BCUT2D eigenvalue weighted by atomic mass is 9.86. The van der Waals surface area contributed by atoms with Gasteiger partial charge in [-0.15, -0.1) is 0 Å². The maximum atomic E-state index is 5.98. The zero-order valence-corrected chi connectivity index (χ0v) is 12.0. The van der Waals surface area contributed by atoms with E-state index in [1.165, 1.54) is 0 Å². The van der Waals surface area contributed by atoms with Crippen LogP contribution in [0, 0.1) is 0 Å².